The van der Waals surface area contributed by atoms with Gasteiger partial charge in [-0.2, -0.15) is 0 Å². The van der Waals surface area contributed by atoms with E-state index in [1.807, 2.05) is 6.07 Å². The molecule has 0 aliphatic carbocycles. The van der Waals surface area contributed by atoms with E-state index in [0.29, 0.717) is 28.8 Å². The van der Waals surface area contributed by atoms with Crippen LogP contribution in [-0.4, -0.2) is 47.4 Å². The predicted molar refractivity (Wildman–Crippen MR) is 116 cm³/mol. The summed E-state index contributed by atoms with van der Waals surface area (Å²) in [6.07, 6.45) is 1.63. The van der Waals surface area contributed by atoms with Crippen molar-refractivity contribution in [2.75, 3.05) is 31.6 Å². The largest absolute Gasteiger partial charge is 0.420 e. The third kappa shape index (κ3) is 4.86. The summed E-state index contributed by atoms with van der Waals surface area (Å²) in [5.41, 5.74) is 8.24. The van der Waals surface area contributed by atoms with Crippen molar-refractivity contribution in [3.05, 3.63) is 41.8 Å². The zero-order valence-electron chi connectivity index (χ0n) is 16.9. The Bertz CT molecular complexity index is 992. The van der Waals surface area contributed by atoms with E-state index in [1.165, 1.54) is 16.9 Å². The summed E-state index contributed by atoms with van der Waals surface area (Å²) in [7, 11) is 0. The van der Waals surface area contributed by atoms with E-state index in [1.54, 1.807) is 0 Å². The number of carbonyl (C=O) groups excluding carboxylic acids is 1. The number of hydrogen-bond acceptors (Lipinski definition) is 7. The monoisotopic (exact) mass is 427 g/mol. The number of rotatable bonds is 7. The molecule has 1 fully saturated rings. The molecule has 0 saturated carbocycles. The van der Waals surface area contributed by atoms with Crippen molar-refractivity contribution in [3.8, 4) is 21.2 Å². The maximum absolute atomic E-state index is 11.5. The number of hydrogen-bond donors (Lipinski definition) is 2. The van der Waals surface area contributed by atoms with Gasteiger partial charge in [-0.25, -0.2) is 4.79 Å². The number of anilines is 1. The van der Waals surface area contributed by atoms with E-state index >= 15 is 0 Å². The van der Waals surface area contributed by atoms with E-state index in [0.717, 1.165) is 49.7 Å². The maximum atomic E-state index is 11.5. The molecule has 1 aliphatic heterocycles. The van der Waals surface area contributed by atoms with Crippen LogP contribution < -0.4 is 11.1 Å². The number of morpholine rings is 1. The molecule has 3 heterocycles. The molecular weight excluding hydrogens is 402 g/mol. The highest BCUT2D eigenvalue weighted by molar-refractivity contribution is 7.19. The molecular formula is C21H25N5O3S. The number of ether oxygens (including phenoxy) is 1. The molecule has 158 valence electrons. The van der Waals surface area contributed by atoms with Gasteiger partial charge in [0.2, 0.25) is 5.89 Å². The molecule has 8 nitrogen and oxygen atoms in total. The standard InChI is InChI=1S/C21H25N5O3S/c1-2-3-18-24-25-20(29-18)19-16(23-21(22)27)12-17(30-19)15-6-4-14(5-7-15)13-26-8-10-28-11-9-26/h4-7,12H,2-3,8-11,13H2,1H3,(H3,22,23,27). The minimum Gasteiger partial charge on any atom is -0.420 e. The van der Waals surface area contributed by atoms with E-state index in [4.69, 9.17) is 14.9 Å². The number of nitrogens with two attached hydrogens (primary N) is 1. The number of nitrogens with one attached hydrogen (secondary N) is 1. The lowest BCUT2D eigenvalue weighted by Crippen LogP contribution is -2.35. The van der Waals surface area contributed by atoms with Crippen molar-refractivity contribution in [1.82, 2.24) is 15.1 Å². The lowest BCUT2D eigenvalue weighted by molar-refractivity contribution is 0.0342. The smallest absolute Gasteiger partial charge is 0.316 e. The van der Waals surface area contributed by atoms with Gasteiger partial charge in [-0.1, -0.05) is 31.2 Å². The number of aromatic nitrogens is 2. The van der Waals surface area contributed by atoms with Crippen LogP contribution in [0.2, 0.25) is 0 Å². The summed E-state index contributed by atoms with van der Waals surface area (Å²) in [6.45, 7) is 6.47. The Morgan fingerprint density at radius 3 is 2.70 bits per heavy atom. The molecule has 0 unspecified atom stereocenters. The highest BCUT2D eigenvalue weighted by atomic mass is 32.1. The summed E-state index contributed by atoms with van der Waals surface area (Å²) in [6, 6.07) is 9.72. The van der Waals surface area contributed by atoms with Crippen LogP contribution in [0.5, 0.6) is 0 Å². The van der Waals surface area contributed by atoms with Crippen LogP contribution in [0.4, 0.5) is 10.5 Å². The second-order valence-electron chi connectivity index (χ2n) is 7.18. The normalized spacial score (nSPS) is 14.7. The van der Waals surface area contributed by atoms with Crippen LogP contribution in [0.25, 0.3) is 21.2 Å². The van der Waals surface area contributed by atoms with Gasteiger partial charge in [-0.3, -0.25) is 4.90 Å². The van der Waals surface area contributed by atoms with Crippen molar-refractivity contribution in [1.29, 1.82) is 0 Å². The lowest BCUT2D eigenvalue weighted by atomic mass is 10.1. The molecule has 0 atom stereocenters. The van der Waals surface area contributed by atoms with Crippen molar-refractivity contribution in [3.63, 3.8) is 0 Å². The maximum Gasteiger partial charge on any atom is 0.316 e. The fourth-order valence-electron chi connectivity index (χ4n) is 3.37. The fourth-order valence-corrected chi connectivity index (χ4v) is 4.41. The zero-order valence-corrected chi connectivity index (χ0v) is 17.7. The average Bonchev–Trinajstić information content (AvgIpc) is 3.36. The Hall–Kier alpha value is -2.75. The molecule has 9 heteroatoms. The summed E-state index contributed by atoms with van der Waals surface area (Å²) >= 11 is 1.49. The van der Waals surface area contributed by atoms with Gasteiger partial charge in [0.05, 0.1) is 18.9 Å². The van der Waals surface area contributed by atoms with Gasteiger partial charge < -0.3 is 20.2 Å². The Kier molecular flexibility index (Phi) is 6.41. The average molecular weight is 428 g/mol. The summed E-state index contributed by atoms with van der Waals surface area (Å²) < 4.78 is 11.2. The van der Waals surface area contributed by atoms with Crippen molar-refractivity contribution in [2.45, 2.75) is 26.3 Å². The van der Waals surface area contributed by atoms with Crippen LogP contribution in [0.15, 0.2) is 34.7 Å². The third-order valence-corrected chi connectivity index (χ3v) is 6.04. The number of amides is 2. The van der Waals surface area contributed by atoms with E-state index in [2.05, 4.69) is 51.6 Å². The number of carbonyl (C=O) groups is 1. The SMILES string of the molecule is CCCc1nnc(-c2sc(-c3ccc(CN4CCOCC4)cc3)cc2NC(N)=O)o1. The first-order valence-electron chi connectivity index (χ1n) is 10.0. The molecule has 0 spiro atoms. The van der Waals surface area contributed by atoms with Crippen molar-refractivity contribution in [2.24, 2.45) is 5.73 Å². The quantitative estimate of drug-likeness (QED) is 0.595. The van der Waals surface area contributed by atoms with E-state index in [-0.39, 0.29) is 0 Å². The Morgan fingerprint density at radius 1 is 1.23 bits per heavy atom. The lowest BCUT2D eigenvalue weighted by Gasteiger charge is -2.26. The molecule has 1 aliphatic rings. The number of thiophene rings is 1. The van der Waals surface area contributed by atoms with Crippen molar-refractivity contribution < 1.29 is 13.9 Å². The number of nitrogens with zero attached hydrogens (tertiary/aromatic N) is 3. The van der Waals surface area contributed by atoms with Gasteiger partial charge in [-0.05, 0) is 23.6 Å². The van der Waals surface area contributed by atoms with Crippen LogP contribution in [-0.2, 0) is 17.7 Å². The predicted octanol–water partition coefficient (Wildman–Crippen LogP) is 3.74. The fraction of sp³-hybridized carbons (Fsp3) is 0.381. The minimum atomic E-state index is -0.630. The number of primary amides is 1. The van der Waals surface area contributed by atoms with Crippen LogP contribution >= 0.6 is 11.3 Å². The van der Waals surface area contributed by atoms with Crippen LogP contribution in [0.1, 0.15) is 24.8 Å². The first-order chi connectivity index (χ1) is 14.6. The first-order valence-corrected chi connectivity index (χ1v) is 10.9. The van der Waals surface area contributed by atoms with Gasteiger partial charge >= 0.3 is 6.03 Å². The highest BCUT2D eigenvalue weighted by Gasteiger charge is 2.19. The Balaban J connectivity index is 1.57. The van der Waals surface area contributed by atoms with Gasteiger partial charge in [0.1, 0.15) is 4.88 Å². The van der Waals surface area contributed by atoms with E-state index in [9.17, 15) is 4.79 Å². The minimum absolute atomic E-state index is 0.391. The molecule has 1 saturated heterocycles. The molecule has 2 aromatic heterocycles. The number of aryl methyl sites for hydroxylation is 1. The second kappa shape index (κ2) is 9.38. The van der Waals surface area contributed by atoms with Gasteiger partial charge in [0.25, 0.3) is 5.89 Å². The highest BCUT2D eigenvalue weighted by Crippen LogP contribution is 2.41. The molecule has 3 aromatic rings. The van der Waals surface area contributed by atoms with Crippen LogP contribution in [0.3, 0.4) is 0 Å². The molecule has 1 aromatic carbocycles. The van der Waals surface area contributed by atoms with Gasteiger partial charge in [0.15, 0.2) is 0 Å². The number of benzene rings is 1. The molecule has 4 rings (SSSR count). The molecule has 2 amide bonds. The topological polar surface area (TPSA) is 107 Å². The zero-order chi connectivity index (χ0) is 20.9. The first kappa shape index (κ1) is 20.5. The Labute approximate surface area is 179 Å². The van der Waals surface area contributed by atoms with E-state index < -0.39 is 6.03 Å². The Morgan fingerprint density at radius 2 is 2.00 bits per heavy atom. The summed E-state index contributed by atoms with van der Waals surface area (Å²) in [4.78, 5) is 15.6. The molecule has 3 N–H and O–H groups in total. The van der Waals surface area contributed by atoms with Gasteiger partial charge in [-0.15, -0.1) is 21.5 Å². The number of urea groups is 1. The molecule has 0 radical (unpaired) electrons. The molecule has 30 heavy (non-hydrogen) atoms. The molecule has 0 bridgehead atoms. The second-order valence-corrected chi connectivity index (χ2v) is 8.23. The van der Waals surface area contributed by atoms with Crippen molar-refractivity contribution >= 4 is 23.1 Å². The van der Waals surface area contributed by atoms with Crippen LogP contribution in [0, 0.1) is 0 Å². The van der Waals surface area contributed by atoms with Gasteiger partial charge in [0, 0.05) is 30.9 Å². The third-order valence-electron chi connectivity index (χ3n) is 4.86. The summed E-state index contributed by atoms with van der Waals surface area (Å²) in [5.74, 6) is 0.974. The summed E-state index contributed by atoms with van der Waals surface area (Å²) in [5, 5.41) is 10.9.